The van der Waals surface area contributed by atoms with E-state index in [4.69, 9.17) is 18.9 Å². The summed E-state index contributed by atoms with van der Waals surface area (Å²) < 4.78 is 22.1. The van der Waals surface area contributed by atoms with Crippen molar-refractivity contribution >= 4 is 22.9 Å². The molecule has 2 aromatic carbocycles. The van der Waals surface area contributed by atoms with E-state index in [1.54, 1.807) is 11.3 Å². The highest BCUT2D eigenvalue weighted by molar-refractivity contribution is 7.09. The molecule has 1 aromatic heterocycles. The molecule has 0 saturated carbocycles. The Hall–Kier alpha value is -3.19. The van der Waals surface area contributed by atoms with Crippen molar-refractivity contribution in [2.75, 3.05) is 24.9 Å². The van der Waals surface area contributed by atoms with E-state index in [0.29, 0.717) is 44.1 Å². The van der Waals surface area contributed by atoms with E-state index in [1.165, 1.54) is 0 Å². The molecule has 0 fully saturated rings. The van der Waals surface area contributed by atoms with Gasteiger partial charge in [0.05, 0.1) is 6.54 Å². The van der Waals surface area contributed by atoms with Gasteiger partial charge in [-0.2, -0.15) is 0 Å². The summed E-state index contributed by atoms with van der Waals surface area (Å²) in [4.78, 5) is 16.2. The third-order valence-corrected chi connectivity index (χ3v) is 5.96. The van der Waals surface area contributed by atoms with Crippen LogP contribution < -0.4 is 23.8 Å². The monoisotopic (exact) mass is 423 g/mol. The minimum absolute atomic E-state index is 0.0535. The number of benzene rings is 2. The molecule has 0 atom stereocenters. The molecular weight excluding hydrogens is 402 g/mol. The highest BCUT2D eigenvalue weighted by atomic mass is 32.1. The van der Waals surface area contributed by atoms with Gasteiger partial charge in [-0.1, -0.05) is 12.1 Å². The maximum Gasteiger partial charge on any atom is 0.231 e. The predicted molar refractivity (Wildman–Crippen MR) is 114 cm³/mol. The van der Waals surface area contributed by atoms with Crippen LogP contribution in [-0.4, -0.2) is 25.9 Å². The lowest BCUT2D eigenvalue weighted by Crippen LogP contribution is -2.30. The summed E-state index contributed by atoms with van der Waals surface area (Å²) in [7, 11) is 0. The summed E-state index contributed by atoms with van der Waals surface area (Å²) >= 11 is 1.64. The van der Waals surface area contributed by atoms with Gasteiger partial charge >= 0.3 is 0 Å². The first-order valence-electron chi connectivity index (χ1n) is 9.87. The minimum atomic E-state index is 0.0535. The van der Waals surface area contributed by atoms with E-state index in [2.05, 4.69) is 0 Å². The zero-order valence-corrected chi connectivity index (χ0v) is 17.2. The van der Waals surface area contributed by atoms with Crippen molar-refractivity contribution in [3.05, 3.63) is 64.4 Å². The van der Waals surface area contributed by atoms with Gasteiger partial charge in [-0.3, -0.25) is 4.79 Å². The van der Waals surface area contributed by atoms with Crippen molar-refractivity contribution in [3.8, 4) is 23.0 Å². The third-order valence-electron chi connectivity index (χ3n) is 5.10. The van der Waals surface area contributed by atoms with Crippen molar-refractivity contribution in [2.45, 2.75) is 19.4 Å². The van der Waals surface area contributed by atoms with E-state index >= 15 is 0 Å². The first kappa shape index (κ1) is 18.8. The number of hydrogen-bond donors (Lipinski definition) is 0. The number of nitrogens with zero attached hydrogens (tertiary/aromatic N) is 1. The average Bonchev–Trinajstić information content (AvgIpc) is 3.47. The highest BCUT2D eigenvalue weighted by Gasteiger charge is 2.21. The summed E-state index contributed by atoms with van der Waals surface area (Å²) in [6.45, 7) is 1.83. The van der Waals surface area contributed by atoms with Crippen molar-refractivity contribution in [1.82, 2.24) is 0 Å². The standard InChI is InChI=1S/C23H21NO5S/c25-23(8-4-16-3-6-20-21(12-16)29-15-28-20)24(14-18-2-1-11-30-18)17-5-7-19-22(13-17)27-10-9-26-19/h1-3,5-7,11-13H,4,8-10,14-15H2. The predicted octanol–water partition coefficient (Wildman–Crippen LogP) is 4.41. The van der Waals surface area contributed by atoms with Gasteiger partial charge in [0.2, 0.25) is 12.7 Å². The zero-order chi connectivity index (χ0) is 20.3. The molecule has 6 nitrogen and oxygen atoms in total. The Morgan fingerprint density at radius 3 is 2.53 bits per heavy atom. The van der Waals surface area contributed by atoms with Crippen molar-refractivity contribution in [2.24, 2.45) is 0 Å². The van der Waals surface area contributed by atoms with Gasteiger partial charge in [-0.15, -0.1) is 11.3 Å². The smallest absolute Gasteiger partial charge is 0.231 e. The molecule has 2 aliphatic rings. The van der Waals surface area contributed by atoms with Crippen LogP contribution in [0.4, 0.5) is 5.69 Å². The van der Waals surface area contributed by atoms with Gasteiger partial charge in [0, 0.05) is 23.1 Å². The maximum absolute atomic E-state index is 13.2. The molecule has 30 heavy (non-hydrogen) atoms. The summed E-state index contributed by atoms with van der Waals surface area (Å²) in [5, 5.41) is 2.02. The van der Waals surface area contributed by atoms with E-state index in [-0.39, 0.29) is 12.7 Å². The molecule has 0 bridgehead atoms. The molecule has 0 aliphatic carbocycles. The number of rotatable bonds is 6. The molecule has 0 radical (unpaired) electrons. The molecule has 3 heterocycles. The Balaban J connectivity index is 1.35. The molecule has 5 rings (SSSR count). The fourth-order valence-corrected chi connectivity index (χ4v) is 4.26. The third kappa shape index (κ3) is 3.93. The normalized spacial score (nSPS) is 13.9. The zero-order valence-electron chi connectivity index (χ0n) is 16.3. The van der Waals surface area contributed by atoms with E-state index in [1.807, 2.05) is 58.8 Å². The van der Waals surface area contributed by atoms with Crippen LogP contribution in [0, 0.1) is 0 Å². The lowest BCUT2D eigenvalue weighted by atomic mass is 10.1. The molecule has 1 amide bonds. The fraction of sp³-hybridized carbons (Fsp3) is 0.261. The van der Waals surface area contributed by atoms with Crippen molar-refractivity contribution in [3.63, 3.8) is 0 Å². The van der Waals surface area contributed by atoms with E-state index in [9.17, 15) is 4.79 Å². The fourth-order valence-electron chi connectivity index (χ4n) is 3.56. The molecule has 3 aromatic rings. The average molecular weight is 423 g/mol. The number of hydrogen-bond acceptors (Lipinski definition) is 6. The first-order chi connectivity index (χ1) is 14.8. The minimum Gasteiger partial charge on any atom is -0.486 e. The number of carbonyl (C=O) groups excluding carboxylic acids is 1. The number of carbonyl (C=O) groups is 1. The van der Waals surface area contributed by atoms with Crippen LogP contribution in [0.3, 0.4) is 0 Å². The second kappa shape index (κ2) is 8.28. The lowest BCUT2D eigenvalue weighted by Gasteiger charge is -2.25. The lowest BCUT2D eigenvalue weighted by molar-refractivity contribution is -0.118. The maximum atomic E-state index is 13.2. The van der Waals surface area contributed by atoms with Gasteiger partial charge < -0.3 is 23.8 Å². The molecule has 0 N–H and O–H groups in total. The van der Waals surface area contributed by atoms with Crippen LogP contribution in [0.15, 0.2) is 53.9 Å². The molecular formula is C23H21NO5S. The number of ether oxygens (including phenoxy) is 4. The van der Waals surface area contributed by atoms with Crippen LogP contribution in [-0.2, 0) is 17.8 Å². The van der Waals surface area contributed by atoms with Crippen molar-refractivity contribution < 1.29 is 23.7 Å². The van der Waals surface area contributed by atoms with E-state index < -0.39 is 0 Å². The number of aryl methyl sites for hydroxylation is 1. The van der Waals surface area contributed by atoms with Gasteiger partial charge in [-0.25, -0.2) is 0 Å². The Kier molecular flexibility index (Phi) is 5.19. The molecule has 0 unspecified atom stereocenters. The van der Waals surface area contributed by atoms with Crippen molar-refractivity contribution in [1.29, 1.82) is 0 Å². The number of anilines is 1. The first-order valence-corrected chi connectivity index (χ1v) is 10.8. The Labute approximate surface area is 178 Å². The summed E-state index contributed by atoms with van der Waals surface area (Å²) in [5.41, 5.74) is 1.86. The quantitative estimate of drug-likeness (QED) is 0.588. The Morgan fingerprint density at radius 2 is 1.67 bits per heavy atom. The number of amides is 1. The van der Waals surface area contributed by atoms with Gasteiger partial charge in [0.1, 0.15) is 13.2 Å². The van der Waals surface area contributed by atoms with Gasteiger partial charge in [-0.05, 0) is 47.7 Å². The van der Waals surface area contributed by atoms with Crippen LogP contribution in [0.1, 0.15) is 16.9 Å². The second-order valence-corrected chi connectivity index (χ2v) is 8.11. The topological polar surface area (TPSA) is 57.2 Å². The molecule has 0 saturated heterocycles. The molecule has 154 valence electrons. The van der Waals surface area contributed by atoms with E-state index in [0.717, 1.165) is 27.6 Å². The molecule has 7 heteroatoms. The highest BCUT2D eigenvalue weighted by Crippen LogP contribution is 2.35. The Bertz CT molecular complexity index is 1050. The van der Waals surface area contributed by atoms with Crippen LogP contribution in [0.2, 0.25) is 0 Å². The van der Waals surface area contributed by atoms with Crippen LogP contribution in [0.5, 0.6) is 23.0 Å². The van der Waals surface area contributed by atoms with Gasteiger partial charge in [0.15, 0.2) is 23.0 Å². The van der Waals surface area contributed by atoms with Gasteiger partial charge in [0.25, 0.3) is 0 Å². The largest absolute Gasteiger partial charge is 0.486 e. The van der Waals surface area contributed by atoms with Crippen LogP contribution >= 0.6 is 11.3 Å². The number of fused-ring (bicyclic) bond motifs is 2. The summed E-state index contributed by atoms with van der Waals surface area (Å²) in [6, 6.07) is 15.5. The second-order valence-electron chi connectivity index (χ2n) is 7.07. The molecule has 0 spiro atoms. The SMILES string of the molecule is O=C(CCc1ccc2c(c1)OCO2)N(Cc1cccs1)c1ccc2c(c1)OCCO2. The molecule has 2 aliphatic heterocycles. The summed E-state index contributed by atoms with van der Waals surface area (Å²) in [5.74, 6) is 2.94. The summed E-state index contributed by atoms with van der Waals surface area (Å²) in [6.07, 6.45) is 1.01. The van der Waals surface area contributed by atoms with Crippen LogP contribution in [0.25, 0.3) is 0 Å². The number of thiophene rings is 1. The Morgan fingerprint density at radius 1 is 0.900 bits per heavy atom.